The molecule has 25 heavy (non-hydrogen) atoms. The smallest absolute Gasteiger partial charge is 0.311 e. The fraction of sp³-hybridized carbons (Fsp3) is 0.474. The summed E-state index contributed by atoms with van der Waals surface area (Å²) >= 11 is 0. The number of aliphatic carboxylic acids is 1. The van der Waals surface area contributed by atoms with Gasteiger partial charge in [0.15, 0.2) is 0 Å². The Bertz CT molecular complexity index is 834. The van der Waals surface area contributed by atoms with Crippen LogP contribution in [-0.2, 0) is 11.3 Å². The molecule has 1 aromatic carbocycles. The van der Waals surface area contributed by atoms with Gasteiger partial charge in [0.1, 0.15) is 5.75 Å². The minimum absolute atomic E-state index is 0.172. The lowest BCUT2D eigenvalue weighted by Gasteiger charge is -2.11. The van der Waals surface area contributed by atoms with E-state index in [1.165, 1.54) is 0 Å². The number of methoxy groups -OCH3 is 1. The normalized spacial score (nSPS) is 15.2. The molecule has 0 bridgehead atoms. The van der Waals surface area contributed by atoms with Crippen molar-refractivity contribution in [1.29, 1.82) is 0 Å². The predicted molar refractivity (Wildman–Crippen MR) is 95.2 cm³/mol. The average Bonchev–Trinajstić information content (AvgIpc) is 3.34. The standard InChI is InChI=1S/C19H24N2O4/c1-4-9-21-12(2)16(14-10-13(25-3)5-6-15(14)21)17(22)20-11-19(7-8-19)18(23)24/h5-6,10H,4,7-9,11H2,1-3H3,(H,20,22)(H,23,24). The van der Waals surface area contributed by atoms with Crippen molar-refractivity contribution in [2.24, 2.45) is 5.41 Å². The molecule has 6 nitrogen and oxygen atoms in total. The third-order valence-electron chi connectivity index (χ3n) is 5.10. The summed E-state index contributed by atoms with van der Waals surface area (Å²) in [7, 11) is 1.60. The van der Waals surface area contributed by atoms with Crippen LogP contribution >= 0.6 is 0 Å². The Balaban J connectivity index is 1.97. The summed E-state index contributed by atoms with van der Waals surface area (Å²) < 4.78 is 7.44. The zero-order valence-electron chi connectivity index (χ0n) is 14.9. The van der Waals surface area contributed by atoms with E-state index in [2.05, 4.69) is 16.8 Å². The van der Waals surface area contributed by atoms with Crippen molar-refractivity contribution in [2.45, 2.75) is 39.7 Å². The van der Waals surface area contributed by atoms with Gasteiger partial charge in [-0.1, -0.05) is 6.92 Å². The van der Waals surface area contributed by atoms with E-state index in [9.17, 15) is 14.7 Å². The molecule has 0 saturated heterocycles. The molecule has 6 heteroatoms. The number of nitrogens with zero attached hydrogens (tertiary/aromatic N) is 1. The number of ether oxygens (including phenoxy) is 1. The summed E-state index contributed by atoms with van der Waals surface area (Å²) in [5.41, 5.74) is 1.71. The maximum Gasteiger partial charge on any atom is 0.311 e. The number of nitrogens with one attached hydrogen (secondary N) is 1. The Morgan fingerprint density at radius 2 is 2.08 bits per heavy atom. The lowest BCUT2D eigenvalue weighted by Crippen LogP contribution is -2.34. The minimum Gasteiger partial charge on any atom is -0.497 e. The van der Waals surface area contributed by atoms with Gasteiger partial charge in [-0.25, -0.2) is 0 Å². The number of fused-ring (bicyclic) bond motifs is 1. The number of carbonyl (C=O) groups excluding carboxylic acids is 1. The Morgan fingerprint density at radius 3 is 2.64 bits per heavy atom. The SMILES string of the molecule is CCCn1c(C)c(C(=O)NCC2(C(=O)O)CC2)c2cc(OC)ccc21. The van der Waals surface area contributed by atoms with Gasteiger partial charge < -0.3 is 19.7 Å². The molecule has 1 aliphatic rings. The number of benzene rings is 1. The lowest BCUT2D eigenvalue weighted by molar-refractivity contribution is -0.143. The highest BCUT2D eigenvalue weighted by molar-refractivity contribution is 6.09. The third-order valence-corrected chi connectivity index (χ3v) is 5.10. The number of carbonyl (C=O) groups is 2. The molecule has 3 rings (SSSR count). The van der Waals surface area contributed by atoms with Gasteiger partial charge in [-0.3, -0.25) is 9.59 Å². The molecule has 1 amide bonds. The zero-order chi connectivity index (χ0) is 18.2. The first-order valence-corrected chi connectivity index (χ1v) is 8.62. The van der Waals surface area contributed by atoms with Crippen LogP contribution in [0.5, 0.6) is 5.75 Å². The van der Waals surface area contributed by atoms with E-state index in [-0.39, 0.29) is 12.5 Å². The number of hydrogen-bond donors (Lipinski definition) is 2. The van der Waals surface area contributed by atoms with Crippen LogP contribution in [0.4, 0.5) is 0 Å². The Hall–Kier alpha value is -2.50. The molecule has 1 aliphatic carbocycles. The quantitative estimate of drug-likeness (QED) is 0.809. The van der Waals surface area contributed by atoms with Crippen molar-refractivity contribution in [2.75, 3.05) is 13.7 Å². The van der Waals surface area contributed by atoms with E-state index in [1.807, 2.05) is 25.1 Å². The van der Waals surface area contributed by atoms with Crippen molar-refractivity contribution in [3.8, 4) is 5.75 Å². The largest absolute Gasteiger partial charge is 0.497 e. The van der Waals surface area contributed by atoms with Crippen molar-refractivity contribution < 1.29 is 19.4 Å². The lowest BCUT2D eigenvalue weighted by atomic mass is 10.1. The van der Waals surface area contributed by atoms with Crippen molar-refractivity contribution in [3.05, 3.63) is 29.5 Å². The number of aromatic nitrogens is 1. The molecule has 1 heterocycles. The van der Waals surface area contributed by atoms with Crippen molar-refractivity contribution >= 4 is 22.8 Å². The van der Waals surface area contributed by atoms with Crippen molar-refractivity contribution in [3.63, 3.8) is 0 Å². The molecular formula is C19H24N2O4. The minimum atomic E-state index is -0.834. The molecule has 0 spiro atoms. The summed E-state index contributed by atoms with van der Waals surface area (Å²) in [6.45, 7) is 5.02. The van der Waals surface area contributed by atoms with Crippen LogP contribution in [0.1, 0.15) is 42.2 Å². The molecule has 2 aromatic rings. The molecule has 1 fully saturated rings. The number of carboxylic acids is 1. The Kier molecular flexibility index (Phi) is 4.45. The van der Waals surface area contributed by atoms with Crippen molar-refractivity contribution in [1.82, 2.24) is 9.88 Å². The molecule has 0 unspecified atom stereocenters. The van der Waals surface area contributed by atoms with Crippen LogP contribution in [0.15, 0.2) is 18.2 Å². The van der Waals surface area contributed by atoms with Crippen LogP contribution in [0.25, 0.3) is 10.9 Å². The highest BCUT2D eigenvalue weighted by atomic mass is 16.5. The zero-order valence-corrected chi connectivity index (χ0v) is 14.9. The first kappa shape index (κ1) is 17.3. The first-order chi connectivity index (χ1) is 11.9. The van der Waals surface area contributed by atoms with E-state index in [1.54, 1.807) is 7.11 Å². The van der Waals surface area contributed by atoms with Gasteiger partial charge in [-0.2, -0.15) is 0 Å². The molecule has 1 saturated carbocycles. The van der Waals surface area contributed by atoms with E-state index >= 15 is 0 Å². The van der Waals surface area contributed by atoms with Gasteiger partial charge >= 0.3 is 5.97 Å². The van der Waals surface area contributed by atoms with Crippen LogP contribution in [0.2, 0.25) is 0 Å². The van der Waals surface area contributed by atoms with Gasteiger partial charge in [-0.05, 0) is 44.4 Å². The van der Waals surface area contributed by atoms with Crippen LogP contribution in [-0.4, -0.2) is 35.2 Å². The topological polar surface area (TPSA) is 80.6 Å². The van der Waals surface area contributed by atoms with E-state index in [0.717, 1.165) is 29.6 Å². The van der Waals surface area contributed by atoms with E-state index in [0.29, 0.717) is 24.2 Å². The summed E-state index contributed by atoms with van der Waals surface area (Å²) in [5, 5.41) is 13.0. The van der Waals surface area contributed by atoms with Gasteiger partial charge in [0.2, 0.25) is 0 Å². The van der Waals surface area contributed by atoms with E-state index < -0.39 is 11.4 Å². The first-order valence-electron chi connectivity index (χ1n) is 8.62. The number of rotatable bonds is 7. The summed E-state index contributed by atoms with van der Waals surface area (Å²) in [6, 6.07) is 5.72. The fourth-order valence-electron chi connectivity index (χ4n) is 3.34. The Labute approximate surface area is 146 Å². The fourth-order valence-corrected chi connectivity index (χ4v) is 3.34. The molecule has 0 atom stereocenters. The second kappa shape index (κ2) is 6.43. The average molecular weight is 344 g/mol. The highest BCUT2D eigenvalue weighted by Gasteiger charge is 2.50. The number of amides is 1. The summed E-state index contributed by atoms with van der Waals surface area (Å²) in [6.07, 6.45) is 2.19. The molecule has 0 aliphatic heterocycles. The van der Waals surface area contributed by atoms with Gasteiger partial charge in [0.25, 0.3) is 5.91 Å². The number of hydrogen-bond acceptors (Lipinski definition) is 3. The van der Waals surface area contributed by atoms with Gasteiger partial charge in [0.05, 0.1) is 18.1 Å². The second-order valence-corrected chi connectivity index (χ2v) is 6.76. The molecule has 0 radical (unpaired) electrons. The molecule has 2 N–H and O–H groups in total. The van der Waals surface area contributed by atoms with Gasteiger partial charge in [0, 0.05) is 29.7 Å². The second-order valence-electron chi connectivity index (χ2n) is 6.76. The summed E-state index contributed by atoms with van der Waals surface area (Å²) in [5.74, 6) is -0.364. The van der Waals surface area contributed by atoms with Crippen LogP contribution in [0, 0.1) is 12.3 Å². The van der Waals surface area contributed by atoms with Crippen LogP contribution < -0.4 is 10.1 Å². The maximum absolute atomic E-state index is 12.8. The summed E-state index contributed by atoms with van der Waals surface area (Å²) in [4.78, 5) is 24.1. The predicted octanol–water partition coefficient (Wildman–Crippen LogP) is 2.96. The van der Waals surface area contributed by atoms with Gasteiger partial charge in [-0.15, -0.1) is 0 Å². The van der Waals surface area contributed by atoms with Crippen LogP contribution in [0.3, 0.4) is 0 Å². The number of carboxylic acid groups (broad SMARTS) is 1. The maximum atomic E-state index is 12.8. The molecule has 134 valence electrons. The third kappa shape index (κ3) is 2.97. The highest BCUT2D eigenvalue weighted by Crippen LogP contribution is 2.45. The monoisotopic (exact) mass is 344 g/mol. The molecule has 1 aromatic heterocycles. The number of aryl methyl sites for hydroxylation is 1. The molecular weight excluding hydrogens is 320 g/mol. The Morgan fingerprint density at radius 1 is 1.36 bits per heavy atom. The van der Waals surface area contributed by atoms with E-state index in [4.69, 9.17) is 4.74 Å².